The van der Waals surface area contributed by atoms with Gasteiger partial charge in [-0.1, -0.05) is 12.1 Å². The Morgan fingerprint density at radius 3 is 2.71 bits per heavy atom. The molecule has 1 heterocycles. The van der Waals surface area contributed by atoms with Gasteiger partial charge in [-0.2, -0.15) is 0 Å². The van der Waals surface area contributed by atoms with Crippen LogP contribution >= 0.6 is 0 Å². The van der Waals surface area contributed by atoms with E-state index >= 15 is 0 Å². The molecule has 4 nitrogen and oxygen atoms in total. The molecule has 0 fully saturated rings. The quantitative estimate of drug-likeness (QED) is 0.781. The molecule has 0 spiro atoms. The largest absolute Gasteiger partial charge is 0.349 e. The Labute approximate surface area is 121 Å². The van der Waals surface area contributed by atoms with Gasteiger partial charge in [0, 0.05) is 30.6 Å². The number of benzene rings is 2. The van der Waals surface area contributed by atoms with Crippen molar-refractivity contribution in [2.24, 2.45) is 10.2 Å². The molecule has 0 unspecified atom stereocenters. The summed E-state index contributed by atoms with van der Waals surface area (Å²) < 4.78 is 14.1. The number of anilines is 1. The molecule has 1 aliphatic heterocycles. The van der Waals surface area contributed by atoms with Crippen molar-refractivity contribution in [3.63, 3.8) is 0 Å². The first kappa shape index (κ1) is 13.2. The third-order valence-corrected chi connectivity index (χ3v) is 3.34. The van der Waals surface area contributed by atoms with Crippen molar-refractivity contribution < 1.29 is 4.39 Å². The summed E-state index contributed by atoms with van der Waals surface area (Å²) in [5.41, 5.74) is 2.66. The lowest BCUT2D eigenvalue weighted by molar-refractivity contribution is 0.625. The summed E-state index contributed by atoms with van der Waals surface area (Å²) in [6.07, 6.45) is 3.39. The van der Waals surface area contributed by atoms with Gasteiger partial charge in [0.15, 0.2) is 0 Å². The predicted octanol–water partition coefficient (Wildman–Crippen LogP) is 3.98. The fourth-order valence-electron chi connectivity index (χ4n) is 2.30. The molecule has 2 aromatic rings. The van der Waals surface area contributed by atoms with E-state index in [4.69, 9.17) is 0 Å². The Kier molecular flexibility index (Phi) is 3.31. The molecule has 0 aromatic heterocycles. The van der Waals surface area contributed by atoms with E-state index in [0.717, 1.165) is 5.69 Å². The van der Waals surface area contributed by atoms with Crippen LogP contribution in [0.5, 0.6) is 0 Å². The average molecular weight is 281 g/mol. The van der Waals surface area contributed by atoms with Crippen molar-refractivity contribution in [2.75, 3.05) is 11.9 Å². The molecule has 0 aliphatic carbocycles. The SMILES string of the molecule is CN1C=CN=C(c2ccccc2F)c2cc(N=O)ccc21. The van der Waals surface area contributed by atoms with Crippen molar-refractivity contribution in [2.45, 2.75) is 0 Å². The first-order chi connectivity index (χ1) is 10.2. The number of nitroso groups, excluding NO2 is 1. The van der Waals surface area contributed by atoms with E-state index in [1.165, 1.54) is 6.07 Å². The predicted molar refractivity (Wildman–Crippen MR) is 81.5 cm³/mol. The summed E-state index contributed by atoms with van der Waals surface area (Å²) in [5.74, 6) is -0.357. The highest BCUT2D eigenvalue weighted by Gasteiger charge is 2.19. The van der Waals surface area contributed by atoms with Gasteiger partial charge in [-0.25, -0.2) is 4.39 Å². The average Bonchev–Trinajstić information content (AvgIpc) is 2.67. The molecule has 0 atom stereocenters. The maximum Gasteiger partial charge on any atom is 0.132 e. The van der Waals surface area contributed by atoms with E-state index in [-0.39, 0.29) is 11.5 Å². The van der Waals surface area contributed by atoms with Gasteiger partial charge in [-0.3, -0.25) is 4.99 Å². The number of fused-ring (bicyclic) bond motifs is 1. The maximum absolute atomic E-state index is 14.1. The standard InChI is InChI=1S/C16H12FN3O/c1-20-9-8-18-16(12-4-2-3-5-14(12)17)13-10-11(19-21)6-7-15(13)20/h2-10H,1H3. The highest BCUT2D eigenvalue weighted by atomic mass is 19.1. The molecule has 0 N–H and O–H groups in total. The van der Waals surface area contributed by atoms with E-state index in [1.807, 2.05) is 11.9 Å². The number of hydrogen-bond acceptors (Lipinski definition) is 4. The molecule has 104 valence electrons. The minimum Gasteiger partial charge on any atom is -0.349 e. The van der Waals surface area contributed by atoms with Gasteiger partial charge < -0.3 is 4.90 Å². The van der Waals surface area contributed by atoms with E-state index in [9.17, 15) is 9.30 Å². The van der Waals surface area contributed by atoms with Crippen LogP contribution < -0.4 is 4.90 Å². The Morgan fingerprint density at radius 2 is 1.95 bits per heavy atom. The number of nitrogens with zero attached hydrogens (tertiary/aromatic N) is 3. The van der Waals surface area contributed by atoms with Gasteiger partial charge in [0.25, 0.3) is 0 Å². The van der Waals surface area contributed by atoms with Crippen LogP contribution in [0.1, 0.15) is 11.1 Å². The molecule has 2 aromatic carbocycles. The molecule has 0 bridgehead atoms. The van der Waals surface area contributed by atoms with Gasteiger partial charge in [-0.05, 0) is 35.5 Å². The number of halogens is 1. The molecule has 0 radical (unpaired) electrons. The zero-order valence-electron chi connectivity index (χ0n) is 11.3. The Hall–Kier alpha value is -2.82. The van der Waals surface area contributed by atoms with Crippen molar-refractivity contribution in [1.29, 1.82) is 0 Å². The number of hydrogen-bond donors (Lipinski definition) is 0. The Balaban J connectivity index is 2.25. The van der Waals surface area contributed by atoms with Crippen LogP contribution in [0.4, 0.5) is 15.8 Å². The highest BCUT2D eigenvalue weighted by Crippen LogP contribution is 2.30. The van der Waals surface area contributed by atoms with Gasteiger partial charge >= 0.3 is 0 Å². The summed E-state index contributed by atoms with van der Waals surface area (Å²) in [5, 5.41) is 2.95. The summed E-state index contributed by atoms with van der Waals surface area (Å²) in [6, 6.07) is 11.5. The van der Waals surface area contributed by atoms with Crippen molar-refractivity contribution in [3.05, 3.63) is 76.7 Å². The summed E-state index contributed by atoms with van der Waals surface area (Å²) in [4.78, 5) is 17.0. The van der Waals surface area contributed by atoms with Gasteiger partial charge in [-0.15, -0.1) is 4.91 Å². The molecule has 3 rings (SSSR count). The van der Waals surface area contributed by atoms with Crippen LogP contribution in [0.15, 0.2) is 65.0 Å². The smallest absolute Gasteiger partial charge is 0.132 e. The van der Waals surface area contributed by atoms with E-state index < -0.39 is 0 Å². The lowest BCUT2D eigenvalue weighted by Gasteiger charge is -2.17. The minimum atomic E-state index is -0.357. The van der Waals surface area contributed by atoms with E-state index in [2.05, 4.69) is 10.2 Å². The molecule has 0 saturated heterocycles. The van der Waals surface area contributed by atoms with Crippen molar-refractivity contribution in [1.82, 2.24) is 0 Å². The van der Waals surface area contributed by atoms with Crippen molar-refractivity contribution >= 4 is 17.1 Å². The van der Waals surface area contributed by atoms with E-state index in [1.54, 1.807) is 48.8 Å². The summed E-state index contributed by atoms with van der Waals surface area (Å²) in [6.45, 7) is 0. The van der Waals surface area contributed by atoms with Gasteiger partial charge in [0.2, 0.25) is 0 Å². The van der Waals surface area contributed by atoms with Crippen LogP contribution in [-0.4, -0.2) is 12.8 Å². The Morgan fingerprint density at radius 1 is 1.14 bits per heavy atom. The van der Waals surface area contributed by atoms with Crippen LogP contribution in [0, 0.1) is 10.7 Å². The van der Waals surface area contributed by atoms with Gasteiger partial charge in [0.05, 0.1) is 11.4 Å². The van der Waals surface area contributed by atoms with Crippen LogP contribution in [0.25, 0.3) is 0 Å². The minimum absolute atomic E-state index is 0.285. The third kappa shape index (κ3) is 2.33. The lowest BCUT2D eigenvalue weighted by Crippen LogP contribution is -2.12. The van der Waals surface area contributed by atoms with Gasteiger partial charge in [0.1, 0.15) is 11.5 Å². The summed E-state index contributed by atoms with van der Waals surface area (Å²) >= 11 is 0. The number of aliphatic imine (C=N–C) groups is 1. The zero-order valence-corrected chi connectivity index (χ0v) is 11.3. The molecule has 5 heteroatoms. The zero-order chi connectivity index (χ0) is 14.8. The van der Waals surface area contributed by atoms with E-state index in [0.29, 0.717) is 16.8 Å². The molecule has 1 aliphatic rings. The lowest BCUT2D eigenvalue weighted by atomic mass is 9.99. The van der Waals surface area contributed by atoms with Crippen LogP contribution in [0.2, 0.25) is 0 Å². The Bertz CT molecular complexity index is 768. The second-order valence-corrected chi connectivity index (χ2v) is 4.66. The molecular formula is C16H12FN3O. The fraction of sp³-hybridized carbons (Fsp3) is 0.0625. The first-order valence-electron chi connectivity index (χ1n) is 6.40. The molecular weight excluding hydrogens is 269 g/mol. The summed E-state index contributed by atoms with van der Waals surface area (Å²) in [7, 11) is 1.86. The monoisotopic (exact) mass is 281 g/mol. The third-order valence-electron chi connectivity index (χ3n) is 3.34. The second kappa shape index (κ2) is 5.28. The number of rotatable bonds is 2. The normalized spacial score (nSPS) is 13.4. The first-order valence-corrected chi connectivity index (χ1v) is 6.40. The van der Waals surface area contributed by atoms with Crippen LogP contribution in [-0.2, 0) is 0 Å². The molecule has 0 saturated carbocycles. The fourth-order valence-corrected chi connectivity index (χ4v) is 2.30. The highest BCUT2D eigenvalue weighted by molar-refractivity contribution is 6.17. The maximum atomic E-state index is 14.1. The van der Waals surface area contributed by atoms with Crippen LogP contribution in [0.3, 0.4) is 0 Å². The molecule has 21 heavy (non-hydrogen) atoms. The molecule has 0 amide bonds. The second-order valence-electron chi connectivity index (χ2n) is 4.66. The van der Waals surface area contributed by atoms with Crippen molar-refractivity contribution in [3.8, 4) is 0 Å². The topological polar surface area (TPSA) is 45.0 Å².